The Kier molecular flexibility index (Phi) is 5.33. The fraction of sp³-hybridized carbons (Fsp3) is 0.0952. The molecule has 0 bridgehead atoms. The largest absolute Gasteiger partial charge is 0.497 e. The van der Waals surface area contributed by atoms with E-state index in [4.69, 9.17) is 9.57 Å². The van der Waals surface area contributed by atoms with Gasteiger partial charge in [0.1, 0.15) is 11.4 Å². The zero-order valence-corrected chi connectivity index (χ0v) is 16.3. The molecular formula is C21H18N6O3. The van der Waals surface area contributed by atoms with Crippen LogP contribution in [0.4, 0.5) is 5.95 Å². The van der Waals surface area contributed by atoms with Gasteiger partial charge in [0.25, 0.3) is 0 Å². The van der Waals surface area contributed by atoms with E-state index in [1.54, 1.807) is 25.6 Å². The fourth-order valence-electron chi connectivity index (χ4n) is 2.76. The first-order chi connectivity index (χ1) is 14.6. The Morgan fingerprint density at radius 3 is 2.50 bits per heavy atom. The number of carbonyl (C=O) groups excluding carboxylic acids is 1. The van der Waals surface area contributed by atoms with Gasteiger partial charge in [0.15, 0.2) is 5.75 Å². The molecule has 0 spiro atoms. The maximum atomic E-state index is 11.7. The Bertz CT molecular complexity index is 1160. The number of pyridine rings is 1. The Morgan fingerprint density at radius 2 is 1.80 bits per heavy atom. The standard InChI is InChI=1S/C21H18N6O3/c1-14(28)26-27(30-20-11-12-22-18-6-4-3-5-17(18)20)21-23-13-19(24-25-21)15-7-9-16(29-2)10-8-15/h3-13H,1-2H3,(H,26,28). The van der Waals surface area contributed by atoms with Crippen molar-refractivity contribution in [3.8, 4) is 22.8 Å². The minimum absolute atomic E-state index is 0.0726. The summed E-state index contributed by atoms with van der Waals surface area (Å²) in [4.78, 5) is 26.2. The van der Waals surface area contributed by atoms with E-state index >= 15 is 0 Å². The first-order valence-corrected chi connectivity index (χ1v) is 9.07. The highest BCUT2D eigenvalue weighted by Gasteiger charge is 2.16. The molecule has 0 aliphatic rings. The van der Waals surface area contributed by atoms with Crippen LogP contribution in [0.2, 0.25) is 0 Å². The molecule has 0 aliphatic carbocycles. The second-order valence-corrected chi connectivity index (χ2v) is 6.25. The summed E-state index contributed by atoms with van der Waals surface area (Å²) in [5.74, 6) is 0.947. The van der Waals surface area contributed by atoms with Gasteiger partial charge < -0.3 is 9.57 Å². The minimum Gasteiger partial charge on any atom is -0.497 e. The van der Waals surface area contributed by atoms with Gasteiger partial charge >= 0.3 is 5.95 Å². The Balaban J connectivity index is 1.62. The SMILES string of the molecule is COc1ccc(-c2cnc(N(NC(C)=O)Oc3ccnc4ccccc34)nn2)cc1. The third-order valence-electron chi connectivity index (χ3n) is 4.17. The van der Waals surface area contributed by atoms with Gasteiger partial charge in [0, 0.05) is 30.1 Å². The molecule has 1 N–H and O–H groups in total. The van der Waals surface area contributed by atoms with E-state index < -0.39 is 0 Å². The van der Waals surface area contributed by atoms with Crippen LogP contribution >= 0.6 is 0 Å². The average Bonchev–Trinajstić information content (AvgIpc) is 2.79. The highest BCUT2D eigenvalue weighted by Crippen LogP contribution is 2.25. The van der Waals surface area contributed by atoms with Crippen LogP contribution in [-0.2, 0) is 4.79 Å². The number of para-hydroxylation sites is 1. The summed E-state index contributed by atoms with van der Waals surface area (Å²) in [6.45, 7) is 1.36. The van der Waals surface area contributed by atoms with Gasteiger partial charge in [0.05, 0.1) is 18.8 Å². The quantitative estimate of drug-likeness (QED) is 0.491. The maximum absolute atomic E-state index is 11.7. The van der Waals surface area contributed by atoms with Gasteiger partial charge in [-0.1, -0.05) is 17.3 Å². The van der Waals surface area contributed by atoms with Crippen molar-refractivity contribution < 1.29 is 14.4 Å². The van der Waals surface area contributed by atoms with Crippen molar-refractivity contribution in [2.24, 2.45) is 0 Å². The van der Waals surface area contributed by atoms with Crippen LogP contribution in [0.3, 0.4) is 0 Å². The molecule has 150 valence electrons. The second-order valence-electron chi connectivity index (χ2n) is 6.25. The van der Waals surface area contributed by atoms with E-state index in [9.17, 15) is 4.79 Å². The lowest BCUT2D eigenvalue weighted by molar-refractivity contribution is -0.120. The number of fused-ring (bicyclic) bond motifs is 1. The lowest BCUT2D eigenvalue weighted by Gasteiger charge is -2.21. The van der Waals surface area contributed by atoms with Crippen molar-refractivity contribution >= 4 is 22.8 Å². The molecule has 0 saturated heterocycles. The molecule has 0 aliphatic heterocycles. The van der Waals surface area contributed by atoms with Gasteiger partial charge in [-0.05, 0) is 36.4 Å². The Hall–Kier alpha value is -4.27. The molecule has 9 nitrogen and oxygen atoms in total. The number of amides is 1. The van der Waals surface area contributed by atoms with E-state index in [1.165, 1.54) is 6.92 Å². The van der Waals surface area contributed by atoms with Crippen LogP contribution in [-0.4, -0.2) is 33.2 Å². The number of nitrogens with zero attached hydrogens (tertiary/aromatic N) is 5. The number of rotatable bonds is 6. The number of hydrogen-bond donors (Lipinski definition) is 1. The number of aromatic nitrogens is 4. The Morgan fingerprint density at radius 1 is 1.00 bits per heavy atom. The topological polar surface area (TPSA) is 102 Å². The number of anilines is 1. The molecule has 0 fully saturated rings. The summed E-state index contributed by atoms with van der Waals surface area (Å²) in [5, 5.41) is 10.2. The van der Waals surface area contributed by atoms with Gasteiger partial charge in [-0.15, -0.1) is 10.2 Å². The summed E-state index contributed by atoms with van der Waals surface area (Å²) in [6.07, 6.45) is 3.17. The molecule has 2 aromatic heterocycles. The van der Waals surface area contributed by atoms with E-state index in [-0.39, 0.29) is 11.9 Å². The summed E-state index contributed by atoms with van der Waals surface area (Å²) < 4.78 is 5.16. The summed E-state index contributed by atoms with van der Waals surface area (Å²) in [5.41, 5.74) is 4.71. The lowest BCUT2D eigenvalue weighted by atomic mass is 10.1. The van der Waals surface area contributed by atoms with Gasteiger partial charge in [0.2, 0.25) is 5.91 Å². The summed E-state index contributed by atoms with van der Waals surface area (Å²) >= 11 is 0. The van der Waals surface area contributed by atoms with Crippen molar-refractivity contribution in [1.29, 1.82) is 0 Å². The zero-order valence-electron chi connectivity index (χ0n) is 16.3. The Labute approximate surface area is 172 Å². The minimum atomic E-state index is -0.351. The van der Waals surface area contributed by atoms with Gasteiger partial charge in [-0.3, -0.25) is 9.78 Å². The molecule has 0 saturated carbocycles. The normalized spacial score (nSPS) is 10.5. The van der Waals surface area contributed by atoms with Gasteiger partial charge in [-0.25, -0.2) is 10.4 Å². The van der Waals surface area contributed by atoms with Crippen molar-refractivity contribution in [3.05, 3.63) is 67.0 Å². The van der Waals surface area contributed by atoms with Crippen molar-refractivity contribution in [1.82, 2.24) is 25.6 Å². The van der Waals surface area contributed by atoms with Crippen molar-refractivity contribution in [2.75, 3.05) is 12.3 Å². The van der Waals surface area contributed by atoms with Crippen molar-refractivity contribution in [3.63, 3.8) is 0 Å². The first-order valence-electron chi connectivity index (χ1n) is 9.07. The second kappa shape index (κ2) is 8.39. The molecule has 9 heteroatoms. The summed E-state index contributed by atoms with van der Waals surface area (Å²) in [6, 6.07) is 16.6. The summed E-state index contributed by atoms with van der Waals surface area (Å²) in [7, 11) is 1.60. The molecule has 1 amide bonds. The number of hydrogen-bond acceptors (Lipinski definition) is 8. The molecular weight excluding hydrogens is 384 g/mol. The van der Waals surface area contributed by atoms with Crippen LogP contribution in [0, 0.1) is 0 Å². The average molecular weight is 402 g/mol. The molecule has 0 radical (unpaired) electrons. The molecule has 0 atom stereocenters. The van der Waals surface area contributed by atoms with Crippen LogP contribution < -0.4 is 20.2 Å². The number of carbonyl (C=O) groups is 1. The predicted octanol–water partition coefficient (Wildman–Crippen LogP) is 2.95. The molecule has 2 heterocycles. The van der Waals surface area contributed by atoms with E-state index in [1.807, 2.05) is 48.5 Å². The molecule has 30 heavy (non-hydrogen) atoms. The predicted molar refractivity (Wildman–Crippen MR) is 110 cm³/mol. The number of nitrogens with one attached hydrogen (secondary N) is 1. The molecule has 2 aromatic carbocycles. The molecule has 4 rings (SSSR count). The highest BCUT2D eigenvalue weighted by atomic mass is 16.7. The van der Waals surface area contributed by atoms with Crippen LogP contribution in [0.1, 0.15) is 6.92 Å². The van der Waals surface area contributed by atoms with Crippen LogP contribution in [0.15, 0.2) is 67.0 Å². The number of benzene rings is 2. The zero-order chi connectivity index (χ0) is 20.9. The van der Waals surface area contributed by atoms with Crippen LogP contribution in [0.5, 0.6) is 11.5 Å². The van der Waals surface area contributed by atoms with E-state index in [0.717, 1.165) is 27.4 Å². The number of methoxy groups -OCH3 is 1. The maximum Gasteiger partial charge on any atom is 0.301 e. The van der Waals surface area contributed by atoms with E-state index in [2.05, 4.69) is 25.6 Å². The first kappa shape index (κ1) is 19.1. The highest BCUT2D eigenvalue weighted by molar-refractivity contribution is 5.84. The lowest BCUT2D eigenvalue weighted by Crippen LogP contribution is -2.45. The molecule has 4 aromatic rings. The number of ether oxygens (including phenoxy) is 1. The third kappa shape index (κ3) is 4.09. The smallest absolute Gasteiger partial charge is 0.301 e. The fourth-order valence-corrected chi connectivity index (χ4v) is 2.76. The van der Waals surface area contributed by atoms with Crippen LogP contribution in [0.25, 0.3) is 22.2 Å². The third-order valence-corrected chi connectivity index (χ3v) is 4.17. The van der Waals surface area contributed by atoms with Gasteiger partial charge in [-0.2, -0.15) is 0 Å². The molecule has 0 unspecified atom stereocenters. The van der Waals surface area contributed by atoms with Crippen molar-refractivity contribution in [2.45, 2.75) is 6.92 Å². The van der Waals surface area contributed by atoms with E-state index in [0.29, 0.717) is 11.4 Å². The monoisotopic (exact) mass is 402 g/mol. The number of hydrazine groups is 1.